The molecule has 0 saturated carbocycles. The maximum absolute atomic E-state index is 10.3. The molecule has 0 aromatic rings. The quantitative estimate of drug-likeness (QED) is 0.510. The molecule has 0 rings (SSSR count). The second kappa shape index (κ2) is 2.86. The summed E-state index contributed by atoms with van der Waals surface area (Å²) in [5.41, 5.74) is 0. The third-order valence-electron chi connectivity index (χ3n) is 0.760. The van der Waals surface area contributed by atoms with Crippen molar-refractivity contribution in [2.75, 3.05) is 7.05 Å². The van der Waals surface area contributed by atoms with Gasteiger partial charge in [-0.3, -0.25) is 4.79 Å². The predicted molar refractivity (Wildman–Crippen MR) is 29.7 cm³/mol. The summed E-state index contributed by atoms with van der Waals surface area (Å²) in [5, 5.41) is 8.11. The van der Waals surface area contributed by atoms with Crippen LogP contribution in [0, 0.1) is 6.58 Å². The van der Waals surface area contributed by atoms with Crippen molar-refractivity contribution in [2.45, 2.75) is 0 Å². The van der Waals surface area contributed by atoms with Crippen LogP contribution in [0.3, 0.4) is 0 Å². The van der Waals surface area contributed by atoms with Crippen LogP contribution >= 0.6 is 0 Å². The molecule has 0 atom stereocenters. The van der Waals surface area contributed by atoms with Crippen molar-refractivity contribution < 1.29 is 14.7 Å². The van der Waals surface area contributed by atoms with E-state index in [9.17, 15) is 9.59 Å². The molecule has 0 aliphatic carbocycles. The lowest BCUT2D eigenvalue weighted by Crippen LogP contribution is -2.29. The first-order valence-electron chi connectivity index (χ1n) is 2.15. The minimum atomic E-state index is -1.32. The highest BCUT2D eigenvalue weighted by Gasteiger charge is 2.10. The van der Waals surface area contributed by atoms with Gasteiger partial charge in [-0.2, -0.15) is 0 Å². The number of nitrogens with zero attached hydrogens (tertiary/aromatic N) is 1. The number of amides is 2. The Morgan fingerprint density at radius 3 is 2.22 bits per heavy atom. The van der Waals surface area contributed by atoms with Crippen LogP contribution in [0.25, 0.3) is 0 Å². The van der Waals surface area contributed by atoms with Gasteiger partial charge in [0.1, 0.15) is 0 Å². The maximum atomic E-state index is 10.3. The van der Waals surface area contributed by atoms with Gasteiger partial charge >= 0.3 is 6.09 Å². The zero-order chi connectivity index (χ0) is 7.44. The minimum absolute atomic E-state index is 0.486. The number of likely N-dealkylation sites (N-methyl/N-ethyl adjacent to an activating group) is 1. The molecule has 0 unspecified atom stereocenters. The average Bonchev–Trinajstić information content (AvgIpc) is 1.84. The van der Waals surface area contributed by atoms with Crippen LogP contribution in [-0.2, 0) is 4.79 Å². The van der Waals surface area contributed by atoms with E-state index in [1.54, 1.807) is 0 Å². The van der Waals surface area contributed by atoms with Crippen molar-refractivity contribution in [3.63, 3.8) is 0 Å². The number of imide groups is 1. The van der Waals surface area contributed by atoms with Gasteiger partial charge in [-0.05, 0) is 0 Å². The van der Waals surface area contributed by atoms with Gasteiger partial charge in [0, 0.05) is 13.1 Å². The molecule has 0 saturated heterocycles. The lowest BCUT2D eigenvalue weighted by atomic mass is 10.5. The summed E-state index contributed by atoms with van der Waals surface area (Å²) < 4.78 is 0. The van der Waals surface area contributed by atoms with Crippen LogP contribution in [-0.4, -0.2) is 29.1 Å². The molecule has 2 amide bonds. The van der Waals surface area contributed by atoms with Gasteiger partial charge in [-0.15, -0.1) is 0 Å². The summed E-state index contributed by atoms with van der Waals surface area (Å²) in [4.78, 5) is 20.7. The Kier molecular flexibility index (Phi) is 2.44. The van der Waals surface area contributed by atoms with Gasteiger partial charge in [-0.25, -0.2) is 9.69 Å². The second-order valence-corrected chi connectivity index (χ2v) is 1.35. The van der Waals surface area contributed by atoms with E-state index < -0.39 is 12.0 Å². The van der Waals surface area contributed by atoms with Crippen LogP contribution in [0.2, 0.25) is 0 Å². The van der Waals surface area contributed by atoms with Crippen molar-refractivity contribution >= 4 is 12.0 Å². The third-order valence-corrected chi connectivity index (χ3v) is 0.760. The van der Waals surface area contributed by atoms with Gasteiger partial charge in [0.25, 0.3) is 5.91 Å². The molecular weight excluding hydrogens is 122 g/mol. The van der Waals surface area contributed by atoms with E-state index in [-0.39, 0.29) is 0 Å². The van der Waals surface area contributed by atoms with Gasteiger partial charge in [-0.1, -0.05) is 6.58 Å². The lowest BCUT2D eigenvalue weighted by Gasteiger charge is -2.05. The van der Waals surface area contributed by atoms with Crippen LogP contribution < -0.4 is 0 Å². The summed E-state index contributed by atoms with van der Waals surface area (Å²) in [6.07, 6.45) is -0.629. The van der Waals surface area contributed by atoms with Crippen LogP contribution in [0.5, 0.6) is 0 Å². The van der Waals surface area contributed by atoms with E-state index in [2.05, 4.69) is 0 Å². The molecule has 4 nitrogen and oxygen atoms in total. The van der Waals surface area contributed by atoms with Crippen LogP contribution in [0.15, 0.2) is 6.08 Å². The van der Waals surface area contributed by atoms with E-state index in [0.29, 0.717) is 11.0 Å². The molecule has 0 aliphatic rings. The van der Waals surface area contributed by atoms with Gasteiger partial charge in [0.15, 0.2) is 0 Å². The molecule has 1 radical (unpaired) electrons. The molecule has 4 heteroatoms. The number of carboxylic acid groups (broad SMARTS) is 1. The Morgan fingerprint density at radius 1 is 1.67 bits per heavy atom. The highest BCUT2D eigenvalue weighted by molar-refractivity contribution is 5.97. The van der Waals surface area contributed by atoms with E-state index in [1.165, 1.54) is 0 Å². The zero-order valence-corrected chi connectivity index (χ0v) is 4.87. The second-order valence-electron chi connectivity index (χ2n) is 1.35. The number of hydrogen-bond donors (Lipinski definition) is 1. The van der Waals surface area contributed by atoms with Crippen LogP contribution in [0.1, 0.15) is 0 Å². The van der Waals surface area contributed by atoms with E-state index in [1.807, 2.05) is 0 Å². The molecule has 1 N–H and O–H groups in total. The first-order valence-corrected chi connectivity index (χ1v) is 2.15. The highest BCUT2D eigenvalue weighted by atomic mass is 16.4. The van der Waals surface area contributed by atoms with Crippen molar-refractivity contribution in [1.29, 1.82) is 0 Å². The monoisotopic (exact) mass is 128 g/mol. The number of carbonyl (C=O) groups excluding carboxylic acids is 1. The Bertz CT molecular complexity index is 152. The fraction of sp³-hybridized carbons (Fsp3) is 0.200. The highest BCUT2D eigenvalue weighted by Crippen LogP contribution is 1.84. The minimum Gasteiger partial charge on any atom is -0.465 e. The maximum Gasteiger partial charge on any atom is 0.414 e. The average molecular weight is 128 g/mol. The molecular formula is C5H6NO3. The summed E-state index contributed by atoms with van der Waals surface area (Å²) >= 11 is 0. The van der Waals surface area contributed by atoms with Gasteiger partial charge < -0.3 is 5.11 Å². The Labute approximate surface area is 52.4 Å². The predicted octanol–water partition coefficient (Wildman–Crippen LogP) is 0.112. The molecule has 0 aromatic carbocycles. The normalized spacial score (nSPS) is 8.11. The smallest absolute Gasteiger partial charge is 0.414 e. The van der Waals surface area contributed by atoms with E-state index >= 15 is 0 Å². The van der Waals surface area contributed by atoms with Gasteiger partial charge in [0.05, 0.1) is 0 Å². The first-order chi connectivity index (χ1) is 4.09. The number of rotatable bonds is 1. The summed E-state index contributed by atoms with van der Waals surface area (Å²) in [5.74, 6) is -0.734. The molecule has 0 spiro atoms. The van der Waals surface area contributed by atoms with E-state index in [4.69, 9.17) is 11.7 Å². The molecule has 0 fully saturated rings. The van der Waals surface area contributed by atoms with Crippen molar-refractivity contribution in [2.24, 2.45) is 0 Å². The topological polar surface area (TPSA) is 57.6 Å². The standard InChI is InChI=1S/C5H6NO3/c1-3-4(7)6(2)5(8)9/h1,3H,2H3,(H,8,9). The zero-order valence-electron chi connectivity index (χ0n) is 4.87. The summed E-state index contributed by atoms with van der Waals surface area (Å²) in [7, 11) is 1.12. The Balaban J connectivity index is 4.03. The number of hydrogen-bond acceptors (Lipinski definition) is 2. The fourth-order valence-corrected chi connectivity index (χ4v) is 0.206. The SMILES string of the molecule is [CH]=CC(=O)N(C)C(=O)O. The van der Waals surface area contributed by atoms with E-state index in [0.717, 1.165) is 7.05 Å². The third kappa shape index (κ3) is 1.94. The van der Waals surface area contributed by atoms with Crippen LogP contribution in [0.4, 0.5) is 4.79 Å². The van der Waals surface area contributed by atoms with Crippen molar-refractivity contribution in [3.8, 4) is 0 Å². The molecule has 0 heterocycles. The van der Waals surface area contributed by atoms with Gasteiger partial charge in [0.2, 0.25) is 0 Å². The van der Waals surface area contributed by atoms with Crippen molar-refractivity contribution in [1.82, 2.24) is 4.90 Å². The molecule has 0 aliphatic heterocycles. The molecule has 49 valence electrons. The molecule has 0 aromatic heterocycles. The largest absolute Gasteiger partial charge is 0.465 e. The molecule has 9 heavy (non-hydrogen) atoms. The number of carbonyl (C=O) groups is 2. The lowest BCUT2D eigenvalue weighted by molar-refractivity contribution is -0.123. The first kappa shape index (κ1) is 7.68. The summed E-state index contributed by atoms with van der Waals surface area (Å²) in [6.45, 7) is 4.73. The summed E-state index contributed by atoms with van der Waals surface area (Å²) in [6, 6.07) is 0. The van der Waals surface area contributed by atoms with Crippen molar-refractivity contribution in [3.05, 3.63) is 12.7 Å². The fourth-order valence-electron chi connectivity index (χ4n) is 0.206. The Hall–Kier alpha value is -1.32. The Morgan fingerprint density at radius 2 is 2.11 bits per heavy atom. The molecule has 0 bridgehead atoms.